The average Bonchev–Trinajstić information content (AvgIpc) is 2.30. The van der Waals surface area contributed by atoms with Crippen LogP contribution in [0.4, 0.5) is 10.5 Å². The van der Waals surface area contributed by atoms with Crippen LogP contribution in [0.3, 0.4) is 0 Å². The topological polar surface area (TPSA) is 32.3 Å². The minimum absolute atomic E-state index is 0.0205. The maximum Gasteiger partial charge on any atom is 0.321 e. The summed E-state index contributed by atoms with van der Waals surface area (Å²) in [4.78, 5) is 13.5. The van der Waals surface area contributed by atoms with Gasteiger partial charge in [0.05, 0.1) is 0 Å². The van der Waals surface area contributed by atoms with Crippen molar-refractivity contribution in [1.29, 1.82) is 0 Å². The Hall–Kier alpha value is -1.51. The van der Waals surface area contributed by atoms with Crippen LogP contribution >= 0.6 is 0 Å². The first kappa shape index (κ1) is 11.0. The predicted molar refractivity (Wildman–Crippen MR) is 65.9 cm³/mol. The fourth-order valence-electron chi connectivity index (χ4n) is 1.93. The van der Waals surface area contributed by atoms with Crippen molar-refractivity contribution in [2.75, 3.05) is 18.0 Å². The zero-order valence-corrected chi connectivity index (χ0v) is 9.86. The molecule has 1 aromatic rings. The normalized spacial score (nSPS) is 16.4. The van der Waals surface area contributed by atoms with Crippen molar-refractivity contribution in [2.24, 2.45) is 0 Å². The van der Waals surface area contributed by atoms with Gasteiger partial charge >= 0.3 is 6.03 Å². The summed E-state index contributed by atoms with van der Waals surface area (Å²) >= 11 is 0. The monoisotopic (exact) mass is 218 g/mol. The van der Waals surface area contributed by atoms with Gasteiger partial charge in [-0.25, -0.2) is 4.79 Å². The molecule has 1 aliphatic heterocycles. The van der Waals surface area contributed by atoms with Crippen LogP contribution in [0.1, 0.15) is 31.7 Å². The van der Waals surface area contributed by atoms with E-state index in [0.717, 1.165) is 25.2 Å². The molecule has 1 aliphatic rings. The standard InChI is InChI=1S/C13H18N2O/c1-10(2)11-5-3-6-12(9-11)15-8-4-7-14-13(15)16/h3,5-6,9-10H,4,7-8H2,1-2H3,(H,14,16). The molecule has 0 unspecified atom stereocenters. The SMILES string of the molecule is CC(C)c1cccc(N2CCCNC2=O)c1. The summed E-state index contributed by atoms with van der Waals surface area (Å²) in [6, 6.07) is 8.25. The van der Waals surface area contributed by atoms with E-state index in [0.29, 0.717) is 5.92 Å². The first-order valence-corrected chi connectivity index (χ1v) is 5.84. The smallest absolute Gasteiger partial charge is 0.321 e. The van der Waals surface area contributed by atoms with Crippen molar-refractivity contribution in [3.8, 4) is 0 Å². The van der Waals surface area contributed by atoms with Gasteiger partial charge in [-0.05, 0) is 30.0 Å². The molecule has 1 N–H and O–H groups in total. The zero-order chi connectivity index (χ0) is 11.5. The van der Waals surface area contributed by atoms with Gasteiger partial charge in [0, 0.05) is 18.8 Å². The molecule has 1 saturated heterocycles. The number of benzene rings is 1. The number of carbonyl (C=O) groups excluding carboxylic acids is 1. The van der Waals surface area contributed by atoms with Crippen molar-refractivity contribution in [1.82, 2.24) is 5.32 Å². The van der Waals surface area contributed by atoms with E-state index in [2.05, 4.69) is 31.3 Å². The van der Waals surface area contributed by atoms with Crippen LogP contribution in [0, 0.1) is 0 Å². The summed E-state index contributed by atoms with van der Waals surface area (Å²) < 4.78 is 0. The maximum absolute atomic E-state index is 11.7. The molecule has 1 heterocycles. The number of nitrogens with zero attached hydrogens (tertiary/aromatic N) is 1. The molecule has 3 nitrogen and oxygen atoms in total. The van der Waals surface area contributed by atoms with E-state index in [1.54, 1.807) is 0 Å². The zero-order valence-electron chi connectivity index (χ0n) is 9.86. The molecule has 0 spiro atoms. The molecule has 2 rings (SSSR count). The maximum atomic E-state index is 11.7. The minimum atomic E-state index is 0.0205. The van der Waals surface area contributed by atoms with E-state index in [1.807, 2.05) is 17.0 Å². The number of nitrogens with one attached hydrogen (secondary N) is 1. The highest BCUT2D eigenvalue weighted by atomic mass is 16.2. The number of hydrogen-bond donors (Lipinski definition) is 1. The third-order valence-electron chi connectivity index (χ3n) is 2.93. The number of carbonyl (C=O) groups is 1. The van der Waals surface area contributed by atoms with Gasteiger partial charge in [-0.2, -0.15) is 0 Å². The molecule has 0 aliphatic carbocycles. The second-order valence-electron chi connectivity index (χ2n) is 4.49. The molecule has 0 radical (unpaired) electrons. The van der Waals surface area contributed by atoms with Gasteiger partial charge in [0.25, 0.3) is 0 Å². The van der Waals surface area contributed by atoms with Crippen molar-refractivity contribution in [3.05, 3.63) is 29.8 Å². The lowest BCUT2D eigenvalue weighted by molar-refractivity contribution is 0.243. The Bertz CT molecular complexity index is 387. The van der Waals surface area contributed by atoms with E-state index in [9.17, 15) is 4.79 Å². The van der Waals surface area contributed by atoms with Crippen LogP contribution in [0.15, 0.2) is 24.3 Å². The molecule has 0 bridgehead atoms. The molecule has 0 aromatic heterocycles. The number of anilines is 1. The predicted octanol–water partition coefficient (Wildman–Crippen LogP) is 2.73. The van der Waals surface area contributed by atoms with Gasteiger partial charge in [-0.15, -0.1) is 0 Å². The van der Waals surface area contributed by atoms with Gasteiger partial charge in [-0.1, -0.05) is 26.0 Å². The largest absolute Gasteiger partial charge is 0.338 e. The third kappa shape index (κ3) is 2.18. The van der Waals surface area contributed by atoms with E-state index < -0.39 is 0 Å². The molecule has 0 atom stereocenters. The minimum Gasteiger partial charge on any atom is -0.338 e. The molecule has 1 fully saturated rings. The quantitative estimate of drug-likeness (QED) is 0.813. The molecule has 16 heavy (non-hydrogen) atoms. The van der Waals surface area contributed by atoms with E-state index in [1.165, 1.54) is 5.56 Å². The van der Waals surface area contributed by atoms with Crippen molar-refractivity contribution in [2.45, 2.75) is 26.2 Å². The van der Waals surface area contributed by atoms with Gasteiger partial charge in [0.15, 0.2) is 0 Å². The second kappa shape index (κ2) is 4.56. The lowest BCUT2D eigenvalue weighted by Gasteiger charge is -2.28. The molecular weight excluding hydrogens is 200 g/mol. The lowest BCUT2D eigenvalue weighted by Crippen LogP contribution is -2.46. The Balaban J connectivity index is 2.25. The Kier molecular flexibility index (Phi) is 3.13. The molecule has 1 aromatic carbocycles. The van der Waals surface area contributed by atoms with E-state index in [4.69, 9.17) is 0 Å². The molecule has 3 heteroatoms. The second-order valence-corrected chi connectivity index (χ2v) is 4.49. The fraction of sp³-hybridized carbons (Fsp3) is 0.462. The van der Waals surface area contributed by atoms with Gasteiger partial charge in [0.1, 0.15) is 0 Å². The Morgan fingerprint density at radius 2 is 2.19 bits per heavy atom. The summed E-state index contributed by atoms with van der Waals surface area (Å²) in [7, 11) is 0. The van der Waals surface area contributed by atoms with Crippen molar-refractivity contribution < 1.29 is 4.79 Å². The van der Waals surface area contributed by atoms with Crippen molar-refractivity contribution in [3.63, 3.8) is 0 Å². The highest BCUT2D eigenvalue weighted by Crippen LogP contribution is 2.22. The summed E-state index contributed by atoms with van der Waals surface area (Å²) in [5, 5.41) is 2.87. The summed E-state index contributed by atoms with van der Waals surface area (Å²) in [6.07, 6.45) is 1.01. The van der Waals surface area contributed by atoms with Gasteiger partial charge in [-0.3, -0.25) is 4.90 Å². The third-order valence-corrected chi connectivity index (χ3v) is 2.93. The molecule has 0 saturated carbocycles. The summed E-state index contributed by atoms with van der Waals surface area (Å²) in [5.74, 6) is 0.493. The first-order valence-electron chi connectivity index (χ1n) is 5.84. The highest BCUT2D eigenvalue weighted by molar-refractivity contribution is 5.92. The van der Waals surface area contributed by atoms with E-state index in [-0.39, 0.29) is 6.03 Å². The van der Waals surface area contributed by atoms with Gasteiger partial charge in [0.2, 0.25) is 0 Å². The van der Waals surface area contributed by atoms with Crippen LogP contribution in [0.5, 0.6) is 0 Å². The summed E-state index contributed by atoms with van der Waals surface area (Å²) in [6.45, 7) is 5.93. The first-order chi connectivity index (χ1) is 7.68. The molecule has 2 amide bonds. The van der Waals surface area contributed by atoms with Gasteiger partial charge < -0.3 is 5.32 Å². The van der Waals surface area contributed by atoms with Crippen molar-refractivity contribution >= 4 is 11.7 Å². The van der Waals surface area contributed by atoms with Crippen LogP contribution in [0.25, 0.3) is 0 Å². The molecular formula is C13H18N2O. The van der Waals surface area contributed by atoms with Crippen LogP contribution < -0.4 is 10.2 Å². The van der Waals surface area contributed by atoms with Crippen LogP contribution in [0.2, 0.25) is 0 Å². The number of rotatable bonds is 2. The Morgan fingerprint density at radius 3 is 2.88 bits per heavy atom. The van der Waals surface area contributed by atoms with Crippen LogP contribution in [-0.2, 0) is 0 Å². The number of hydrogen-bond acceptors (Lipinski definition) is 1. The summed E-state index contributed by atoms with van der Waals surface area (Å²) in [5.41, 5.74) is 2.28. The highest BCUT2D eigenvalue weighted by Gasteiger charge is 2.19. The lowest BCUT2D eigenvalue weighted by atomic mass is 10.0. The number of amides is 2. The molecule has 86 valence electrons. The Morgan fingerprint density at radius 1 is 1.38 bits per heavy atom. The average molecular weight is 218 g/mol. The van der Waals surface area contributed by atoms with Crippen LogP contribution in [-0.4, -0.2) is 19.1 Å². The Labute approximate surface area is 96.5 Å². The number of urea groups is 1. The fourth-order valence-corrected chi connectivity index (χ4v) is 1.93. The van der Waals surface area contributed by atoms with E-state index >= 15 is 0 Å².